The Hall–Kier alpha value is -3.01. The van der Waals surface area contributed by atoms with E-state index in [1.807, 2.05) is 0 Å². The summed E-state index contributed by atoms with van der Waals surface area (Å²) in [5.74, 6) is -1.42. The number of aromatic nitrogens is 1. The number of nitrogens with zero attached hydrogens (tertiary/aromatic N) is 3. The predicted octanol–water partition coefficient (Wildman–Crippen LogP) is 1.19. The second-order valence-corrected chi connectivity index (χ2v) is 6.50. The van der Waals surface area contributed by atoms with Gasteiger partial charge in [0.1, 0.15) is 12.4 Å². The predicted molar refractivity (Wildman–Crippen MR) is 94.4 cm³/mol. The molecule has 2 heterocycles. The molecule has 26 heavy (non-hydrogen) atoms. The van der Waals surface area contributed by atoms with Crippen LogP contribution in [0.25, 0.3) is 0 Å². The molecule has 10 heteroatoms. The lowest BCUT2D eigenvalue weighted by atomic mass is 10.3. The van der Waals surface area contributed by atoms with Gasteiger partial charge in [-0.25, -0.2) is 14.2 Å². The van der Waals surface area contributed by atoms with Crippen LogP contribution in [0, 0.1) is 5.82 Å². The Kier molecular flexibility index (Phi) is 5.12. The fourth-order valence-electron chi connectivity index (χ4n) is 2.58. The van der Waals surface area contributed by atoms with Crippen molar-refractivity contribution in [3.05, 3.63) is 41.2 Å². The highest BCUT2D eigenvalue weighted by Crippen LogP contribution is 2.23. The molecule has 0 atom stereocenters. The number of primary amides is 1. The number of halogens is 1. The van der Waals surface area contributed by atoms with Crippen molar-refractivity contribution in [3.63, 3.8) is 0 Å². The molecule has 0 saturated carbocycles. The van der Waals surface area contributed by atoms with E-state index >= 15 is 0 Å². The summed E-state index contributed by atoms with van der Waals surface area (Å²) < 4.78 is 13.9. The van der Waals surface area contributed by atoms with E-state index < -0.39 is 23.7 Å². The number of carbonyl (C=O) groups excluding carboxylic acids is 3. The summed E-state index contributed by atoms with van der Waals surface area (Å²) in [7, 11) is 0. The zero-order valence-corrected chi connectivity index (χ0v) is 14.5. The third kappa shape index (κ3) is 3.97. The molecular weight excluding hydrogens is 361 g/mol. The second kappa shape index (κ2) is 7.48. The fraction of sp³-hybridized carbons (Fsp3) is 0.250. The Morgan fingerprint density at radius 2 is 2.08 bits per heavy atom. The summed E-state index contributed by atoms with van der Waals surface area (Å²) >= 11 is 1.16. The number of urea groups is 1. The Morgan fingerprint density at radius 3 is 2.81 bits per heavy atom. The van der Waals surface area contributed by atoms with Gasteiger partial charge in [0.2, 0.25) is 11.8 Å². The molecule has 3 N–H and O–H groups in total. The van der Waals surface area contributed by atoms with Gasteiger partial charge in [0.25, 0.3) is 0 Å². The van der Waals surface area contributed by atoms with E-state index in [2.05, 4.69) is 10.3 Å². The lowest BCUT2D eigenvalue weighted by Crippen LogP contribution is -2.37. The van der Waals surface area contributed by atoms with Crippen LogP contribution < -0.4 is 16.0 Å². The van der Waals surface area contributed by atoms with Crippen LogP contribution in [0.15, 0.2) is 29.6 Å². The molecule has 136 valence electrons. The van der Waals surface area contributed by atoms with E-state index in [1.165, 1.54) is 21.9 Å². The minimum Gasteiger partial charge on any atom is -0.369 e. The first-order chi connectivity index (χ1) is 12.4. The summed E-state index contributed by atoms with van der Waals surface area (Å²) in [4.78, 5) is 42.1. The highest BCUT2D eigenvalue weighted by Gasteiger charge is 2.32. The number of para-hydroxylation sites is 1. The third-order valence-electron chi connectivity index (χ3n) is 3.73. The summed E-state index contributed by atoms with van der Waals surface area (Å²) in [5.41, 5.74) is 5.76. The molecular formula is C16H16FN5O3S. The van der Waals surface area contributed by atoms with Gasteiger partial charge in [-0.3, -0.25) is 14.5 Å². The van der Waals surface area contributed by atoms with Crippen molar-refractivity contribution in [2.24, 2.45) is 5.73 Å². The van der Waals surface area contributed by atoms with Crippen LogP contribution in [0.1, 0.15) is 5.69 Å². The lowest BCUT2D eigenvalue weighted by molar-refractivity contribution is -0.117. The third-order valence-corrected chi connectivity index (χ3v) is 4.53. The maximum Gasteiger partial charge on any atom is 0.325 e. The number of thiazole rings is 1. The summed E-state index contributed by atoms with van der Waals surface area (Å²) in [5, 5.41) is 4.53. The fourth-order valence-corrected chi connectivity index (χ4v) is 3.31. The number of benzene rings is 1. The second-order valence-electron chi connectivity index (χ2n) is 5.64. The summed E-state index contributed by atoms with van der Waals surface area (Å²) in [6.45, 7) is 0.437. The monoisotopic (exact) mass is 377 g/mol. The molecule has 1 aromatic carbocycles. The number of rotatable bonds is 6. The quantitative estimate of drug-likeness (QED) is 0.788. The van der Waals surface area contributed by atoms with Gasteiger partial charge in [-0.1, -0.05) is 12.1 Å². The number of nitrogens with two attached hydrogens (primary N) is 1. The van der Waals surface area contributed by atoms with Crippen LogP contribution in [-0.4, -0.2) is 47.4 Å². The smallest absolute Gasteiger partial charge is 0.325 e. The van der Waals surface area contributed by atoms with E-state index in [1.54, 1.807) is 17.5 Å². The Morgan fingerprint density at radius 1 is 1.31 bits per heavy atom. The first-order valence-electron chi connectivity index (χ1n) is 7.77. The van der Waals surface area contributed by atoms with Crippen molar-refractivity contribution in [2.45, 2.75) is 6.42 Å². The molecule has 1 aliphatic rings. The van der Waals surface area contributed by atoms with Crippen LogP contribution in [0.5, 0.6) is 0 Å². The van der Waals surface area contributed by atoms with Gasteiger partial charge in [-0.05, 0) is 12.1 Å². The van der Waals surface area contributed by atoms with E-state index in [-0.39, 0.29) is 18.7 Å². The van der Waals surface area contributed by atoms with Crippen LogP contribution in [-0.2, 0) is 16.0 Å². The van der Waals surface area contributed by atoms with Crippen molar-refractivity contribution in [2.75, 3.05) is 29.9 Å². The molecule has 1 aliphatic heterocycles. The number of nitrogens with one attached hydrogen (secondary N) is 1. The lowest BCUT2D eigenvalue weighted by Gasteiger charge is -2.18. The van der Waals surface area contributed by atoms with E-state index in [9.17, 15) is 18.8 Å². The summed E-state index contributed by atoms with van der Waals surface area (Å²) in [6.07, 6.45) is -0.00538. The molecule has 0 bridgehead atoms. The number of hydrogen-bond donors (Lipinski definition) is 2. The Labute approximate surface area is 152 Å². The van der Waals surface area contributed by atoms with Crippen LogP contribution in [0.3, 0.4) is 0 Å². The normalized spacial score (nSPS) is 14.0. The summed E-state index contributed by atoms with van der Waals surface area (Å²) in [6, 6.07) is 5.56. The Bertz CT molecular complexity index is 856. The first kappa shape index (κ1) is 17.8. The van der Waals surface area contributed by atoms with Crippen molar-refractivity contribution in [3.8, 4) is 0 Å². The molecule has 0 unspecified atom stereocenters. The molecule has 3 rings (SSSR count). The average Bonchev–Trinajstić information content (AvgIpc) is 3.15. The van der Waals surface area contributed by atoms with Crippen molar-refractivity contribution in [1.29, 1.82) is 0 Å². The van der Waals surface area contributed by atoms with Crippen molar-refractivity contribution >= 4 is 40.0 Å². The minimum atomic E-state index is -0.510. The number of amides is 4. The molecule has 4 amide bonds. The van der Waals surface area contributed by atoms with E-state index in [4.69, 9.17) is 5.73 Å². The van der Waals surface area contributed by atoms with Gasteiger partial charge < -0.3 is 16.0 Å². The van der Waals surface area contributed by atoms with Gasteiger partial charge in [-0.15, -0.1) is 11.3 Å². The zero-order chi connectivity index (χ0) is 18.7. The van der Waals surface area contributed by atoms with E-state index in [0.29, 0.717) is 23.9 Å². The SMILES string of the molecule is NC(=O)Cc1csc(NC(=O)CN2CCN(c3ccccc3F)C2=O)n1. The molecule has 1 aromatic heterocycles. The molecule has 2 aromatic rings. The standard InChI is InChI=1S/C16H16FN5O3S/c17-11-3-1-2-4-12(11)22-6-5-21(16(22)25)8-14(24)20-15-19-10(9-26-15)7-13(18)23/h1-4,9H,5-8H2,(H2,18,23)(H,19,20,24). The van der Waals surface area contributed by atoms with Crippen molar-refractivity contribution < 1.29 is 18.8 Å². The Balaban J connectivity index is 1.58. The van der Waals surface area contributed by atoms with Gasteiger partial charge in [0.15, 0.2) is 5.13 Å². The van der Waals surface area contributed by atoms with Crippen molar-refractivity contribution in [1.82, 2.24) is 9.88 Å². The first-order valence-corrected chi connectivity index (χ1v) is 8.65. The molecule has 1 fully saturated rings. The largest absolute Gasteiger partial charge is 0.369 e. The number of hydrogen-bond acceptors (Lipinski definition) is 5. The molecule has 8 nitrogen and oxygen atoms in total. The van der Waals surface area contributed by atoms with Gasteiger partial charge in [0.05, 0.1) is 17.8 Å². The van der Waals surface area contributed by atoms with Crippen LogP contribution in [0.4, 0.5) is 20.0 Å². The maximum atomic E-state index is 13.9. The molecule has 0 radical (unpaired) electrons. The van der Waals surface area contributed by atoms with Crippen LogP contribution >= 0.6 is 11.3 Å². The van der Waals surface area contributed by atoms with Crippen LogP contribution in [0.2, 0.25) is 0 Å². The highest BCUT2D eigenvalue weighted by atomic mass is 32.1. The average molecular weight is 377 g/mol. The van der Waals surface area contributed by atoms with Gasteiger partial charge in [0, 0.05) is 18.5 Å². The molecule has 0 aliphatic carbocycles. The minimum absolute atomic E-state index is 0.00538. The molecule has 1 saturated heterocycles. The van der Waals surface area contributed by atoms with E-state index in [0.717, 1.165) is 11.3 Å². The van der Waals surface area contributed by atoms with Gasteiger partial charge >= 0.3 is 6.03 Å². The number of anilines is 2. The highest BCUT2D eigenvalue weighted by molar-refractivity contribution is 7.13. The topological polar surface area (TPSA) is 109 Å². The maximum absolute atomic E-state index is 13.9. The number of carbonyl (C=O) groups is 3. The van der Waals surface area contributed by atoms with Gasteiger partial charge in [-0.2, -0.15) is 0 Å². The molecule has 0 spiro atoms. The zero-order valence-electron chi connectivity index (χ0n) is 13.6.